The number of ether oxygens (including phenoxy) is 2. The van der Waals surface area contributed by atoms with Gasteiger partial charge in [0.2, 0.25) is 0 Å². The minimum absolute atomic E-state index is 0.251. The summed E-state index contributed by atoms with van der Waals surface area (Å²) in [5, 5.41) is 1.84. The maximum Gasteiger partial charge on any atom is 0.410 e. The van der Waals surface area contributed by atoms with E-state index in [0.29, 0.717) is 18.2 Å². The van der Waals surface area contributed by atoms with Gasteiger partial charge in [-0.2, -0.15) is 0 Å². The van der Waals surface area contributed by atoms with Crippen molar-refractivity contribution in [3.05, 3.63) is 64.3 Å². The molecule has 1 aromatic heterocycles. The lowest BCUT2D eigenvalue weighted by atomic mass is 9.92. The third-order valence-electron chi connectivity index (χ3n) is 7.62. The van der Waals surface area contributed by atoms with Gasteiger partial charge in [0.1, 0.15) is 11.8 Å². The molecule has 0 saturated carbocycles. The van der Waals surface area contributed by atoms with E-state index in [-0.39, 0.29) is 12.1 Å². The molecule has 0 bridgehead atoms. The fraction of sp³-hybridized carbons (Fsp3) is 0.500. The van der Waals surface area contributed by atoms with Crippen LogP contribution in [0.1, 0.15) is 68.3 Å². The summed E-state index contributed by atoms with van der Waals surface area (Å²) in [6.07, 6.45) is 8.02. The predicted molar refractivity (Wildman–Crippen MR) is 149 cm³/mol. The Morgan fingerprint density at radius 1 is 1.03 bits per heavy atom. The molecule has 1 fully saturated rings. The number of H-pyrrole nitrogens is 1. The first-order valence-electron chi connectivity index (χ1n) is 13.8. The molecule has 2 aliphatic rings. The number of amides is 1. The normalized spacial score (nSPS) is 17.8. The number of aromatic amines is 1. The molecule has 7 heteroatoms. The second-order valence-electron chi connectivity index (χ2n) is 10.1. The molecule has 37 heavy (non-hydrogen) atoms. The molecular formula is C30H38ClN3O3. The van der Waals surface area contributed by atoms with Gasteiger partial charge in [-0.3, -0.25) is 4.90 Å². The minimum atomic E-state index is -0.292. The van der Waals surface area contributed by atoms with Crippen LogP contribution in [0.25, 0.3) is 10.9 Å². The number of fused-ring (bicyclic) bond motifs is 3. The molecule has 198 valence electrons. The van der Waals surface area contributed by atoms with E-state index in [1.54, 1.807) is 0 Å². The van der Waals surface area contributed by atoms with E-state index in [9.17, 15) is 4.79 Å². The Morgan fingerprint density at radius 3 is 2.59 bits per heavy atom. The van der Waals surface area contributed by atoms with Crippen molar-refractivity contribution in [2.24, 2.45) is 0 Å². The van der Waals surface area contributed by atoms with E-state index >= 15 is 0 Å². The van der Waals surface area contributed by atoms with Gasteiger partial charge >= 0.3 is 6.09 Å². The minimum Gasteiger partial charge on any atom is -0.494 e. The summed E-state index contributed by atoms with van der Waals surface area (Å²) in [7, 11) is 0. The highest BCUT2D eigenvalue weighted by Gasteiger charge is 2.35. The Morgan fingerprint density at radius 2 is 1.81 bits per heavy atom. The molecule has 1 saturated heterocycles. The van der Waals surface area contributed by atoms with Crippen LogP contribution in [0.2, 0.25) is 5.02 Å². The standard InChI is InChI=1S/C30H38ClN3O3/c1-2-36-30(35)34-19-15-25-26-21-23(31)11-14-27(26)32-28(25)29(34)22-9-12-24(13-10-22)37-20-8-4-3-5-16-33-17-6-7-18-33/h9-14,21,29,32H,2-8,15-20H2,1H3. The second-order valence-corrected chi connectivity index (χ2v) is 10.6. The molecule has 1 amide bonds. The van der Waals surface area contributed by atoms with Crippen LogP contribution in [0.3, 0.4) is 0 Å². The maximum atomic E-state index is 12.9. The summed E-state index contributed by atoms with van der Waals surface area (Å²) >= 11 is 6.30. The van der Waals surface area contributed by atoms with Crippen molar-refractivity contribution in [1.29, 1.82) is 0 Å². The highest BCUT2D eigenvalue weighted by molar-refractivity contribution is 6.31. The van der Waals surface area contributed by atoms with Crippen molar-refractivity contribution in [3.8, 4) is 5.75 Å². The zero-order chi connectivity index (χ0) is 25.6. The van der Waals surface area contributed by atoms with E-state index < -0.39 is 0 Å². The smallest absolute Gasteiger partial charge is 0.410 e. The number of aromatic nitrogens is 1. The fourth-order valence-corrected chi connectivity index (χ4v) is 5.92. The molecule has 1 atom stereocenters. The van der Waals surface area contributed by atoms with Crippen LogP contribution in [0, 0.1) is 0 Å². The topological polar surface area (TPSA) is 57.8 Å². The summed E-state index contributed by atoms with van der Waals surface area (Å²) in [5.74, 6) is 0.864. The third-order valence-corrected chi connectivity index (χ3v) is 7.86. The van der Waals surface area contributed by atoms with Crippen LogP contribution in [0.5, 0.6) is 5.75 Å². The van der Waals surface area contributed by atoms with Crippen LogP contribution in [0.15, 0.2) is 42.5 Å². The zero-order valence-corrected chi connectivity index (χ0v) is 22.6. The Bertz CT molecular complexity index is 1190. The predicted octanol–water partition coefficient (Wildman–Crippen LogP) is 6.96. The van der Waals surface area contributed by atoms with E-state index in [1.807, 2.05) is 42.2 Å². The van der Waals surface area contributed by atoms with E-state index in [4.69, 9.17) is 21.1 Å². The van der Waals surface area contributed by atoms with Crippen molar-refractivity contribution in [2.45, 2.75) is 57.9 Å². The number of nitrogens with zero attached hydrogens (tertiary/aromatic N) is 2. The average molecular weight is 524 g/mol. The van der Waals surface area contributed by atoms with Crippen molar-refractivity contribution in [1.82, 2.24) is 14.8 Å². The lowest BCUT2D eigenvalue weighted by Gasteiger charge is -2.35. The maximum absolute atomic E-state index is 12.9. The number of rotatable bonds is 10. The van der Waals surface area contributed by atoms with Gasteiger partial charge in [-0.1, -0.05) is 36.6 Å². The van der Waals surface area contributed by atoms with E-state index in [1.165, 1.54) is 57.3 Å². The quantitative estimate of drug-likeness (QED) is 0.292. The van der Waals surface area contributed by atoms with Gasteiger partial charge in [0.05, 0.1) is 13.2 Å². The fourth-order valence-electron chi connectivity index (χ4n) is 5.74. The lowest BCUT2D eigenvalue weighted by Crippen LogP contribution is -2.40. The molecule has 5 rings (SSSR count). The molecule has 3 aromatic rings. The Balaban J connectivity index is 1.23. The summed E-state index contributed by atoms with van der Waals surface area (Å²) in [6.45, 7) is 7.33. The summed E-state index contributed by atoms with van der Waals surface area (Å²) < 4.78 is 11.4. The van der Waals surface area contributed by atoms with Gasteiger partial charge in [0, 0.05) is 28.2 Å². The highest BCUT2D eigenvalue weighted by atomic mass is 35.5. The van der Waals surface area contributed by atoms with Crippen molar-refractivity contribution >= 4 is 28.6 Å². The first-order valence-corrected chi connectivity index (χ1v) is 14.2. The van der Waals surface area contributed by atoms with E-state index in [2.05, 4.69) is 22.0 Å². The molecule has 1 unspecified atom stereocenters. The van der Waals surface area contributed by atoms with Gasteiger partial charge in [0.15, 0.2) is 0 Å². The second kappa shape index (κ2) is 12.2. The van der Waals surface area contributed by atoms with Crippen molar-refractivity contribution in [2.75, 3.05) is 39.4 Å². The molecular weight excluding hydrogens is 486 g/mol. The molecule has 0 aliphatic carbocycles. The first-order chi connectivity index (χ1) is 18.1. The average Bonchev–Trinajstić information content (AvgIpc) is 3.56. The van der Waals surface area contributed by atoms with Crippen LogP contribution in [-0.4, -0.2) is 60.3 Å². The lowest BCUT2D eigenvalue weighted by molar-refractivity contribution is 0.0932. The molecule has 1 N–H and O–H groups in total. The van der Waals surface area contributed by atoms with Crippen LogP contribution < -0.4 is 4.74 Å². The Hall–Kier alpha value is -2.70. The zero-order valence-electron chi connectivity index (χ0n) is 21.8. The number of hydrogen-bond acceptors (Lipinski definition) is 4. The van der Waals surface area contributed by atoms with Gasteiger partial charge in [-0.15, -0.1) is 0 Å². The largest absolute Gasteiger partial charge is 0.494 e. The molecule has 3 heterocycles. The summed E-state index contributed by atoms with van der Waals surface area (Å²) in [4.78, 5) is 20.9. The van der Waals surface area contributed by atoms with Crippen LogP contribution in [-0.2, 0) is 11.2 Å². The number of benzene rings is 2. The number of carbonyl (C=O) groups excluding carboxylic acids is 1. The van der Waals surface area contributed by atoms with E-state index in [0.717, 1.165) is 47.4 Å². The van der Waals surface area contributed by atoms with Crippen LogP contribution in [0.4, 0.5) is 4.79 Å². The molecule has 2 aliphatic heterocycles. The van der Waals surface area contributed by atoms with Gasteiger partial charge < -0.3 is 19.4 Å². The van der Waals surface area contributed by atoms with Gasteiger partial charge in [-0.05, 0) is 100 Å². The van der Waals surface area contributed by atoms with Crippen LogP contribution >= 0.6 is 11.6 Å². The number of unbranched alkanes of at least 4 members (excludes halogenated alkanes) is 3. The van der Waals surface area contributed by atoms with Crippen molar-refractivity contribution < 1.29 is 14.3 Å². The first kappa shape index (κ1) is 25.9. The monoisotopic (exact) mass is 523 g/mol. The van der Waals surface area contributed by atoms with Gasteiger partial charge in [-0.25, -0.2) is 4.79 Å². The molecule has 2 aromatic carbocycles. The number of nitrogens with one attached hydrogen (secondary N) is 1. The third kappa shape index (κ3) is 6.07. The number of halogens is 1. The van der Waals surface area contributed by atoms with Gasteiger partial charge in [0.25, 0.3) is 0 Å². The number of carbonyl (C=O) groups is 1. The Labute approximate surface area is 224 Å². The molecule has 0 spiro atoms. The Kier molecular flexibility index (Phi) is 8.57. The number of hydrogen-bond donors (Lipinski definition) is 1. The summed E-state index contributed by atoms with van der Waals surface area (Å²) in [6, 6.07) is 13.8. The number of likely N-dealkylation sites (tertiary alicyclic amines) is 1. The molecule has 6 nitrogen and oxygen atoms in total. The van der Waals surface area contributed by atoms with Crippen molar-refractivity contribution in [3.63, 3.8) is 0 Å². The SMILES string of the molecule is CCOC(=O)N1CCc2c([nH]c3ccc(Cl)cc23)C1c1ccc(OCCCCCCN2CCCC2)cc1. The molecule has 0 radical (unpaired) electrons. The highest BCUT2D eigenvalue weighted by Crippen LogP contribution is 2.39. The summed E-state index contributed by atoms with van der Waals surface area (Å²) in [5.41, 5.74) is 4.30.